The third-order valence-electron chi connectivity index (χ3n) is 3.65. The maximum absolute atomic E-state index is 12.3. The van der Waals surface area contributed by atoms with Gasteiger partial charge < -0.3 is 19.8 Å². The number of likely N-dealkylation sites (tertiary alicyclic amines) is 1. The first-order valence-corrected chi connectivity index (χ1v) is 7.01. The van der Waals surface area contributed by atoms with Crippen molar-refractivity contribution in [2.24, 2.45) is 5.92 Å². The molecule has 0 aromatic heterocycles. The van der Waals surface area contributed by atoms with Crippen molar-refractivity contribution in [1.82, 2.24) is 4.90 Å². The number of piperidine rings is 1. The first-order valence-electron chi connectivity index (χ1n) is 7.01. The largest absolute Gasteiger partial charge is 0.504 e. The number of aromatic hydroxyl groups is 2. The Morgan fingerprint density at radius 2 is 1.95 bits per heavy atom. The van der Waals surface area contributed by atoms with E-state index in [0.717, 1.165) is 0 Å². The molecule has 2 rings (SSSR count). The first-order chi connectivity index (χ1) is 10.0. The fourth-order valence-electron chi connectivity index (χ4n) is 2.45. The fraction of sp³-hybridized carbons (Fsp3) is 0.467. The van der Waals surface area contributed by atoms with Gasteiger partial charge in [0.05, 0.1) is 18.1 Å². The molecule has 0 radical (unpaired) electrons. The third-order valence-corrected chi connectivity index (χ3v) is 3.65. The van der Waals surface area contributed by atoms with Crippen LogP contribution in [0.15, 0.2) is 18.2 Å². The minimum absolute atomic E-state index is 0.0737. The third kappa shape index (κ3) is 3.26. The van der Waals surface area contributed by atoms with Crippen LogP contribution in [0.5, 0.6) is 11.5 Å². The number of rotatable bonds is 3. The van der Waals surface area contributed by atoms with Gasteiger partial charge in [-0.3, -0.25) is 9.59 Å². The number of benzene rings is 1. The predicted octanol–water partition coefficient (Wildman–Crippen LogP) is 1.51. The minimum atomic E-state index is -0.407. The van der Waals surface area contributed by atoms with E-state index in [1.165, 1.54) is 18.2 Å². The average Bonchev–Trinajstić information content (AvgIpc) is 2.50. The predicted molar refractivity (Wildman–Crippen MR) is 75.0 cm³/mol. The topological polar surface area (TPSA) is 87.1 Å². The second kappa shape index (κ2) is 6.47. The zero-order chi connectivity index (χ0) is 15.4. The first kappa shape index (κ1) is 15.2. The Kier molecular flexibility index (Phi) is 4.67. The van der Waals surface area contributed by atoms with E-state index in [9.17, 15) is 19.8 Å². The number of amides is 1. The van der Waals surface area contributed by atoms with E-state index in [0.29, 0.717) is 32.5 Å². The number of nitrogens with zero attached hydrogens (tertiary/aromatic N) is 1. The molecule has 0 atom stereocenters. The molecule has 21 heavy (non-hydrogen) atoms. The smallest absolute Gasteiger partial charge is 0.309 e. The lowest BCUT2D eigenvalue weighted by atomic mass is 9.96. The zero-order valence-electron chi connectivity index (χ0n) is 11.9. The lowest BCUT2D eigenvalue weighted by Gasteiger charge is -2.31. The van der Waals surface area contributed by atoms with Gasteiger partial charge in [-0.2, -0.15) is 0 Å². The van der Waals surface area contributed by atoms with Crippen molar-refractivity contribution < 1.29 is 24.5 Å². The number of ether oxygens (including phenoxy) is 1. The Labute approximate surface area is 122 Å². The summed E-state index contributed by atoms with van der Waals surface area (Å²) in [5, 5.41) is 19.2. The van der Waals surface area contributed by atoms with Gasteiger partial charge in [-0.05, 0) is 31.9 Å². The SMILES string of the molecule is CCOC(=O)C1CCN(C(=O)c2cccc(O)c2O)CC1. The lowest BCUT2D eigenvalue weighted by molar-refractivity contribution is -0.149. The summed E-state index contributed by atoms with van der Waals surface area (Å²) < 4.78 is 4.98. The molecular formula is C15H19NO5. The second-order valence-electron chi connectivity index (χ2n) is 4.99. The molecule has 6 nitrogen and oxygen atoms in total. The summed E-state index contributed by atoms with van der Waals surface area (Å²) in [4.78, 5) is 25.5. The van der Waals surface area contributed by atoms with Crippen LogP contribution in [0.1, 0.15) is 30.1 Å². The van der Waals surface area contributed by atoms with Crippen LogP contribution in [-0.4, -0.2) is 46.7 Å². The molecule has 1 fully saturated rings. The van der Waals surface area contributed by atoms with E-state index in [4.69, 9.17) is 4.74 Å². The Bertz CT molecular complexity index is 535. The van der Waals surface area contributed by atoms with Gasteiger partial charge in [-0.1, -0.05) is 6.07 Å². The van der Waals surface area contributed by atoms with Crippen molar-refractivity contribution in [1.29, 1.82) is 0 Å². The molecule has 1 saturated heterocycles. The lowest BCUT2D eigenvalue weighted by Crippen LogP contribution is -2.40. The van der Waals surface area contributed by atoms with Gasteiger partial charge >= 0.3 is 5.97 Å². The van der Waals surface area contributed by atoms with E-state index in [2.05, 4.69) is 0 Å². The van der Waals surface area contributed by atoms with Crippen LogP contribution in [0.2, 0.25) is 0 Å². The highest BCUT2D eigenvalue weighted by atomic mass is 16.5. The molecule has 1 aliphatic rings. The van der Waals surface area contributed by atoms with Gasteiger partial charge in [0, 0.05) is 13.1 Å². The highest BCUT2D eigenvalue weighted by Gasteiger charge is 2.29. The number of hydrogen-bond donors (Lipinski definition) is 2. The number of esters is 1. The summed E-state index contributed by atoms with van der Waals surface area (Å²) in [6.07, 6.45) is 1.09. The molecule has 0 aliphatic carbocycles. The molecule has 0 unspecified atom stereocenters. The standard InChI is InChI=1S/C15H19NO5/c1-2-21-15(20)10-6-8-16(9-7-10)14(19)11-4-3-5-12(17)13(11)18/h3-5,10,17-18H,2,6-9H2,1H3. The van der Waals surface area contributed by atoms with Crippen LogP contribution in [0.3, 0.4) is 0 Å². The molecule has 6 heteroatoms. The van der Waals surface area contributed by atoms with Crippen LogP contribution in [0, 0.1) is 5.92 Å². The highest BCUT2D eigenvalue weighted by Crippen LogP contribution is 2.30. The van der Waals surface area contributed by atoms with Gasteiger partial charge in [0.2, 0.25) is 0 Å². The van der Waals surface area contributed by atoms with E-state index in [1.807, 2.05) is 0 Å². The van der Waals surface area contributed by atoms with Crippen molar-refractivity contribution in [2.75, 3.05) is 19.7 Å². The Morgan fingerprint density at radius 1 is 1.29 bits per heavy atom. The summed E-state index contributed by atoms with van der Waals surface area (Å²) in [5.74, 6) is -1.46. The summed E-state index contributed by atoms with van der Waals surface area (Å²) in [6.45, 7) is 2.98. The quantitative estimate of drug-likeness (QED) is 0.651. The fourth-order valence-corrected chi connectivity index (χ4v) is 2.45. The molecule has 1 amide bonds. The van der Waals surface area contributed by atoms with Gasteiger partial charge in [0.25, 0.3) is 5.91 Å². The minimum Gasteiger partial charge on any atom is -0.504 e. The summed E-state index contributed by atoms with van der Waals surface area (Å²) in [6, 6.07) is 4.29. The number of para-hydroxylation sites is 1. The van der Waals surface area contributed by atoms with Crippen molar-refractivity contribution in [3.8, 4) is 11.5 Å². The Balaban J connectivity index is 2.00. The maximum Gasteiger partial charge on any atom is 0.309 e. The zero-order valence-corrected chi connectivity index (χ0v) is 11.9. The van der Waals surface area contributed by atoms with E-state index in [1.54, 1.807) is 11.8 Å². The van der Waals surface area contributed by atoms with E-state index >= 15 is 0 Å². The van der Waals surface area contributed by atoms with Crippen LogP contribution in [-0.2, 0) is 9.53 Å². The molecule has 0 spiro atoms. The van der Waals surface area contributed by atoms with Crippen molar-refractivity contribution in [2.45, 2.75) is 19.8 Å². The molecule has 0 bridgehead atoms. The number of phenols is 2. The van der Waals surface area contributed by atoms with E-state index < -0.39 is 5.75 Å². The monoisotopic (exact) mass is 293 g/mol. The van der Waals surface area contributed by atoms with Gasteiger partial charge in [0.1, 0.15) is 0 Å². The Morgan fingerprint density at radius 3 is 2.57 bits per heavy atom. The van der Waals surface area contributed by atoms with Crippen LogP contribution >= 0.6 is 0 Å². The second-order valence-corrected chi connectivity index (χ2v) is 4.99. The molecule has 1 aliphatic heterocycles. The summed E-state index contributed by atoms with van der Waals surface area (Å²) in [5.41, 5.74) is 0.0737. The molecule has 2 N–H and O–H groups in total. The molecule has 1 aromatic rings. The highest BCUT2D eigenvalue weighted by molar-refractivity contribution is 5.97. The van der Waals surface area contributed by atoms with Gasteiger partial charge in [-0.25, -0.2) is 0 Å². The summed E-state index contributed by atoms with van der Waals surface area (Å²) >= 11 is 0. The van der Waals surface area contributed by atoms with Crippen LogP contribution in [0.4, 0.5) is 0 Å². The maximum atomic E-state index is 12.3. The summed E-state index contributed by atoms with van der Waals surface area (Å²) in [7, 11) is 0. The molecule has 114 valence electrons. The Hall–Kier alpha value is -2.24. The molecular weight excluding hydrogens is 274 g/mol. The number of phenolic OH excluding ortho intramolecular Hbond substituents is 2. The number of carbonyl (C=O) groups is 2. The molecule has 0 saturated carbocycles. The number of hydrogen-bond acceptors (Lipinski definition) is 5. The van der Waals surface area contributed by atoms with Gasteiger partial charge in [-0.15, -0.1) is 0 Å². The van der Waals surface area contributed by atoms with E-state index in [-0.39, 0.29) is 29.1 Å². The number of carbonyl (C=O) groups excluding carboxylic acids is 2. The van der Waals surface area contributed by atoms with Gasteiger partial charge in [0.15, 0.2) is 11.5 Å². The van der Waals surface area contributed by atoms with Crippen LogP contribution < -0.4 is 0 Å². The normalized spacial score (nSPS) is 15.8. The average molecular weight is 293 g/mol. The van der Waals surface area contributed by atoms with Crippen molar-refractivity contribution in [3.05, 3.63) is 23.8 Å². The van der Waals surface area contributed by atoms with Crippen molar-refractivity contribution >= 4 is 11.9 Å². The molecule has 1 aromatic carbocycles. The van der Waals surface area contributed by atoms with Crippen LogP contribution in [0.25, 0.3) is 0 Å². The molecule has 1 heterocycles. The van der Waals surface area contributed by atoms with Crippen molar-refractivity contribution in [3.63, 3.8) is 0 Å².